The number of aliphatic hydroxyl groups is 2. The Labute approximate surface area is 113 Å². The highest BCUT2D eigenvalue weighted by Crippen LogP contribution is 2.15. The van der Waals surface area contributed by atoms with E-state index in [1.165, 1.54) is 12.1 Å². The topological polar surface area (TPSA) is 61.7 Å². The minimum absolute atomic E-state index is 0.0440. The number of aliphatic hydroxyl groups excluding tert-OH is 2. The van der Waals surface area contributed by atoms with Gasteiger partial charge in [0.15, 0.2) is 11.6 Å². The zero-order valence-electron chi connectivity index (χ0n) is 11.2. The van der Waals surface area contributed by atoms with E-state index in [1.54, 1.807) is 12.1 Å². The van der Waals surface area contributed by atoms with Crippen LogP contribution in [0.3, 0.4) is 0 Å². The van der Waals surface area contributed by atoms with Crippen LogP contribution in [0.5, 0.6) is 5.75 Å². The van der Waals surface area contributed by atoms with Crippen molar-refractivity contribution in [1.29, 1.82) is 0 Å². The molecule has 5 heteroatoms. The molecule has 0 radical (unpaired) electrons. The van der Waals surface area contributed by atoms with Crippen molar-refractivity contribution in [2.24, 2.45) is 5.92 Å². The number of rotatable bonds is 9. The van der Waals surface area contributed by atoms with Gasteiger partial charge in [0, 0.05) is 13.2 Å². The molecule has 2 unspecified atom stereocenters. The summed E-state index contributed by atoms with van der Waals surface area (Å²) in [5, 5.41) is 21.5. The van der Waals surface area contributed by atoms with Crippen LogP contribution in [-0.4, -0.2) is 42.6 Å². The molecular weight excluding hydrogens is 249 g/mol. The SMILES string of the molecule is CC(CCO)CNCC(O)COc1ccccc1F. The number of para-hydroxylation sites is 1. The maximum atomic E-state index is 13.2. The lowest BCUT2D eigenvalue weighted by molar-refractivity contribution is 0.103. The van der Waals surface area contributed by atoms with Crippen molar-refractivity contribution in [1.82, 2.24) is 5.32 Å². The molecular formula is C14H22FNO3. The van der Waals surface area contributed by atoms with Crippen molar-refractivity contribution in [2.75, 3.05) is 26.3 Å². The number of nitrogens with one attached hydrogen (secondary N) is 1. The van der Waals surface area contributed by atoms with Gasteiger partial charge in [0.2, 0.25) is 0 Å². The van der Waals surface area contributed by atoms with Gasteiger partial charge in [0.25, 0.3) is 0 Å². The van der Waals surface area contributed by atoms with Gasteiger partial charge < -0.3 is 20.3 Å². The van der Waals surface area contributed by atoms with Crippen LogP contribution in [0.15, 0.2) is 24.3 Å². The third-order valence-electron chi connectivity index (χ3n) is 2.76. The molecule has 0 amide bonds. The van der Waals surface area contributed by atoms with E-state index in [9.17, 15) is 9.50 Å². The predicted octanol–water partition coefficient (Wildman–Crippen LogP) is 1.17. The maximum absolute atomic E-state index is 13.2. The molecule has 0 heterocycles. The fraction of sp³-hybridized carbons (Fsp3) is 0.571. The first-order valence-corrected chi connectivity index (χ1v) is 6.50. The lowest BCUT2D eigenvalue weighted by Crippen LogP contribution is -2.34. The van der Waals surface area contributed by atoms with Crippen molar-refractivity contribution >= 4 is 0 Å². The molecule has 3 N–H and O–H groups in total. The lowest BCUT2D eigenvalue weighted by atomic mass is 10.1. The highest BCUT2D eigenvalue weighted by atomic mass is 19.1. The van der Waals surface area contributed by atoms with Crippen LogP contribution >= 0.6 is 0 Å². The van der Waals surface area contributed by atoms with E-state index in [1.807, 2.05) is 6.92 Å². The van der Waals surface area contributed by atoms with E-state index >= 15 is 0 Å². The van der Waals surface area contributed by atoms with Gasteiger partial charge in [-0.2, -0.15) is 0 Å². The zero-order chi connectivity index (χ0) is 14.1. The van der Waals surface area contributed by atoms with Crippen LogP contribution in [0.4, 0.5) is 4.39 Å². The van der Waals surface area contributed by atoms with Gasteiger partial charge in [0.1, 0.15) is 12.7 Å². The van der Waals surface area contributed by atoms with Crippen LogP contribution in [-0.2, 0) is 0 Å². The van der Waals surface area contributed by atoms with Crippen LogP contribution in [0.25, 0.3) is 0 Å². The molecule has 1 aromatic carbocycles. The number of hydrogen-bond acceptors (Lipinski definition) is 4. The maximum Gasteiger partial charge on any atom is 0.165 e. The molecule has 19 heavy (non-hydrogen) atoms. The monoisotopic (exact) mass is 271 g/mol. The first-order chi connectivity index (χ1) is 9.13. The summed E-state index contributed by atoms with van der Waals surface area (Å²) < 4.78 is 18.4. The molecule has 0 aromatic heterocycles. The largest absolute Gasteiger partial charge is 0.488 e. The third kappa shape index (κ3) is 6.52. The van der Waals surface area contributed by atoms with Crippen molar-refractivity contribution in [3.8, 4) is 5.75 Å². The Balaban J connectivity index is 2.18. The number of hydrogen-bond donors (Lipinski definition) is 3. The van der Waals surface area contributed by atoms with Gasteiger partial charge in [0.05, 0.1) is 0 Å². The van der Waals surface area contributed by atoms with Crippen molar-refractivity contribution in [2.45, 2.75) is 19.4 Å². The molecule has 0 aliphatic carbocycles. The molecule has 0 bridgehead atoms. The predicted molar refractivity (Wildman–Crippen MR) is 71.6 cm³/mol. The fourth-order valence-electron chi connectivity index (χ4n) is 1.63. The first-order valence-electron chi connectivity index (χ1n) is 6.50. The minimum Gasteiger partial charge on any atom is -0.488 e. The molecule has 0 aliphatic rings. The summed E-state index contributed by atoms with van der Waals surface area (Å²) in [6.45, 7) is 3.33. The Bertz CT molecular complexity index is 362. The van der Waals surface area contributed by atoms with Gasteiger partial charge in [-0.25, -0.2) is 4.39 Å². The van der Waals surface area contributed by atoms with E-state index in [-0.39, 0.29) is 19.0 Å². The van der Waals surface area contributed by atoms with Crippen LogP contribution in [0, 0.1) is 11.7 Å². The zero-order valence-corrected chi connectivity index (χ0v) is 11.2. The van der Waals surface area contributed by atoms with Gasteiger partial charge >= 0.3 is 0 Å². The summed E-state index contributed by atoms with van der Waals surface area (Å²) in [5.41, 5.74) is 0. The van der Waals surface area contributed by atoms with Gasteiger partial charge in [-0.3, -0.25) is 0 Å². The van der Waals surface area contributed by atoms with E-state index in [4.69, 9.17) is 9.84 Å². The summed E-state index contributed by atoms with van der Waals surface area (Å²) in [5.74, 6) is 0.0686. The summed E-state index contributed by atoms with van der Waals surface area (Å²) in [6.07, 6.45) is 0.0374. The molecule has 108 valence electrons. The second-order valence-electron chi connectivity index (χ2n) is 4.67. The molecule has 4 nitrogen and oxygen atoms in total. The van der Waals surface area contributed by atoms with Gasteiger partial charge in [-0.1, -0.05) is 19.1 Å². The number of halogens is 1. The van der Waals surface area contributed by atoms with E-state index in [2.05, 4.69) is 5.32 Å². The molecule has 1 rings (SSSR count). The average molecular weight is 271 g/mol. The summed E-state index contributed by atoms with van der Waals surface area (Å²) in [4.78, 5) is 0. The van der Waals surface area contributed by atoms with Crippen LogP contribution in [0.2, 0.25) is 0 Å². The van der Waals surface area contributed by atoms with E-state index < -0.39 is 11.9 Å². The van der Waals surface area contributed by atoms with E-state index in [0.717, 1.165) is 13.0 Å². The Morgan fingerprint density at radius 1 is 1.32 bits per heavy atom. The average Bonchev–Trinajstić information content (AvgIpc) is 2.38. The highest BCUT2D eigenvalue weighted by molar-refractivity contribution is 5.23. The van der Waals surface area contributed by atoms with Crippen LogP contribution in [0.1, 0.15) is 13.3 Å². The fourth-order valence-corrected chi connectivity index (χ4v) is 1.63. The molecule has 0 fully saturated rings. The van der Waals surface area contributed by atoms with Gasteiger partial charge in [-0.15, -0.1) is 0 Å². The normalized spacial score (nSPS) is 14.1. The highest BCUT2D eigenvalue weighted by Gasteiger charge is 2.08. The van der Waals surface area contributed by atoms with Crippen LogP contribution < -0.4 is 10.1 Å². The molecule has 0 saturated carbocycles. The van der Waals surface area contributed by atoms with Crippen molar-refractivity contribution in [3.63, 3.8) is 0 Å². The Morgan fingerprint density at radius 3 is 2.74 bits per heavy atom. The minimum atomic E-state index is -0.694. The quantitative estimate of drug-likeness (QED) is 0.631. The molecule has 1 aromatic rings. The number of ether oxygens (including phenoxy) is 1. The lowest BCUT2D eigenvalue weighted by Gasteiger charge is -2.15. The summed E-state index contributed by atoms with van der Waals surface area (Å²) >= 11 is 0. The smallest absolute Gasteiger partial charge is 0.165 e. The first kappa shape index (κ1) is 15.9. The Morgan fingerprint density at radius 2 is 2.05 bits per heavy atom. The molecule has 2 atom stereocenters. The van der Waals surface area contributed by atoms with Gasteiger partial charge in [-0.05, 0) is 31.0 Å². The summed E-state index contributed by atoms with van der Waals surface area (Å²) in [6, 6.07) is 6.11. The third-order valence-corrected chi connectivity index (χ3v) is 2.76. The number of benzene rings is 1. The standard InChI is InChI=1S/C14H22FNO3/c1-11(6-7-17)8-16-9-12(18)10-19-14-5-3-2-4-13(14)15/h2-5,11-12,16-18H,6-10H2,1H3. The molecule has 0 spiro atoms. The summed E-state index contributed by atoms with van der Waals surface area (Å²) in [7, 11) is 0. The molecule has 0 aliphatic heterocycles. The van der Waals surface area contributed by atoms with Crippen molar-refractivity contribution in [3.05, 3.63) is 30.1 Å². The van der Waals surface area contributed by atoms with E-state index in [0.29, 0.717) is 12.5 Å². The Hall–Kier alpha value is -1.17. The molecule has 0 saturated heterocycles. The van der Waals surface area contributed by atoms with Crippen molar-refractivity contribution < 1.29 is 19.3 Å². The second-order valence-corrected chi connectivity index (χ2v) is 4.67. The second kappa shape index (κ2) is 8.85. The Kier molecular flexibility index (Phi) is 7.40.